The number of aliphatic hydroxyl groups excluding tert-OH is 1. The summed E-state index contributed by atoms with van der Waals surface area (Å²) in [6, 6.07) is 23.0. The molecule has 0 radical (unpaired) electrons. The molecule has 0 bridgehead atoms. The number of hydrogen-bond donors (Lipinski definition) is 2. The molecule has 1 unspecified atom stereocenters. The second-order valence-corrected chi connectivity index (χ2v) is 8.90. The normalized spacial score (nSPS) is 15.3. The number of carbonyl (C=O) groups excluding carboxylic acids is 1. The number of aliphatic hydroxyl groups is 1. The Balaban J connectivity index is 1.39. The Bertz CT molecular complexity index is 995. The van der Waals surface area contributed by atoms with Crippen LogP contribution in [0, 0.1) is 18.7 Å². The summed E-state index contributed by atoms with van der Waals surface area (Å²) >= 11 is 0. The van der Waals surface area contributed by atoms with Crippen molar-refractivity contribution < 1.29 is 14.3 Å². The molecule has 33 heavy (non-hydrogen) atoms. The van der Waals surface area contributed by atoms with Gasteiger partial charge in [0.2, 0.25) is 0 Å². The van der Waals surface area contributed by atoms with Gasteiger partial charge in [0, 0.05) is 25.6 Å². The summed E-state index contributed by atoms with van der Waals surface area (Å²) in [5, 5.41) is 12.2. The van der Waals surface area contributed by atoms with Crippen LogP contribution in [0.25, 0.3) is 0 Å². The van der Waals surface area contributed by atoms with Crippen molar-refractivity contribution in [3.63, 3.8) is 0 Å². The summed E-state index contributed by atoms with van der Waals surface area (Å²) < 4.78 is 13.6. The Morgan fingerprint density at radius 1 is 0.939 bits per heavy atom. The van der Waals surface area contributed by atoms with Crippen molar-refractivity contribution in [2.45, 2.75) is 38.8 Å². The molecule has 0 aliphatic carbocycles. The lowest BCUT2D eigenvalue weighted by atomic mass is 9.76. The molecule has 1 atom stereocenters. The molecule has 1 aliphatic heterocycles. The van der Waals surface area contributed by atoms with Crippen molar-refractivity contribution in [1.29, 1.82) is 0 Å². The number of piperidine rings is 1. The van der Waals surface area contributed by atoms with Crippen molar-refractivity contribution >= 4 is 6.03 Å². The number of halogens is 1. The fourth-order valence-corrected chi connectivity index (χ4v) is 4.67. The molecular formula is C28H31FN2O2. The summed E-state index contributed by atoms with van der Waals surface area (Å²) in [4.78, 5) is 14.6. The highest BCUT2D eigenvalue weighted by Gasteiger charge is 2.30. The van der Waals surface area contributed by atoms with Crippen LogP contribution in [0.15, 0.2) is 72.8 Å². The molecule has 4 nitrogen and oxygen atoms in total. The van der Waals surface area contributed by atoms with Crippen LogP contribution < -0.4 is 5.32 Å². The molecule has 3 aromatic carbocycles. The number of rotatable bonds is 6. The highest BCUT2D eigenvalue weighted by molar-refractivity contribution is 5.74. The molecule has 5 heteroatoms. The van der Waals surface area contributed by atoms with Crippen LogP contribution in [0.3, 0.4) is 0 Å². The van der Waals surface area contributed by atoms with E-state index in [0.29, 0.717) is 25.6 Å². The van der Waals surface area contributed by atoms with Crippen LogP contribution in [-0.4, -0.2) is 29.1 Å². The maximum absolute atomic E-state index is 13.6. The molecule has 2 N–H and O–H groups in total. The number of nitrogens with zero attached hydrogens (tertiary/aromatic N) is 1. The van der Waals surface area contributed by atoms with E-state index in [2.05, 4.69) is 36.5 Å². The van der Waals surface area contributed by atoms with Gasteiger partial charge in [-0.3, -0.25) is 0 Å². The first-order valence-electron chi connectivity index (χ1n) is 11.6. The highest BCUT2D eigenvalue weighted by Crippen LogP contribution is 2.38. The van der Waals surface area contributed by atoms with Gasteiger partial charge in [-0.05, 0) is 60.1 Å². The van der Waals surface area contributed by atoms with Crippen LogP contribution in [0.5, 0.6) is 0 Å². The molecule has 1 saturated heterocycles. The van der Waals surface area contributed by atoms with Gasteiger partial charge >= 0.3 is 6.03 Å². The van der Waals surface area contributed by atoms with Gasteiger partial charge < -0.3 is 15.3 Å². The Hall–Kier alpha value is -3.18. The Morgan fingerprint density at radius 2 is 1.48 bits per heavy atom. The van der Waals surface area contributed by atoms with E-state index in [1.165, 1.54) is 23.3 Å². The van der Waals surface area contributed by atoms with E-state index >= 15 is 0 Å². The summed E-state index contributed by atoms with van der Waals surface area (Å²) in [6.45, 7) is 3.96. The molecule has 1 aliphatic rings. The van der Waals surface area contributed by atoms with E-state index in [0.717, 1.165) is 29.5 Å². The lowest BCUT2D eigenvalue weighted by Crippen LogP contribution is -2.45. The van der Waals surface area contributed by atoms with Gasteiger partial charge in [-0.2, -0.15) is 0 Å². The van der Waals surface area contributed by atoms with Gasteiger partial charge in [0.1, 0.15) is 5.82 Å². The summed E-state index contributed by atoms with van der Waals surface area (Å²) in [6.07, 6.45) is 1.79. The first kappa shape index (κ1) is 23.0. The fourth-order valence-electron chi connectivity index (χ4n) is 4.67. The third kappa shape index (κ3) is 5.79. The molecule has 0 spiro atoms. The van der Waals surface area contributed by atoms with Gasteiger partial charge in [0.05, 0.1) is 6.61 Å². The van der Waals surface area contributed by atoms with Gasteiger partial charge in [-0.15, -0.1) is 0 Å². The van der Waals surface area contributed by atoms with Crippen LogP contribution in [0.4, 0.5) is 9.18 Å². The van der Waals surface area contributed by atoms with Crippen molar-refractivity contribution in [2.75, 3.05) is 13.1 Å². The predicted octanol–water partition coefficient (Wildman–Crippen LogP) is 5.38. The molecule has 4 rings (SSSR count). The van der Waals surface area contributed by atoms with Gasteiger partial charge in [0.15, 0.2) is 0 Å². The number of carbonyl (C=O) groups is 1. The van der Waals surface area contributed by atoms with E-state index in [1.54, 1.807) is 0 Å². The Morgan fingerprint density at radius 3 is 2.06 bits per heavy atom. The smallest absolute Gasteiger partial charge is 0.317 e. The molecule has 0 saturated carbocycles. The predicted molar refractivity (Wildman–Crippen MR) is 128 cm³/mol. The third-order valence-electron chi connectivity index (χ3n) is 6.61. The van der Waals surface area contributed by atoms with Crippen molar-refractivity contribution in [2.24, 2.45) is 5.92 Å². The fraction of sp³-hybridized carbons (Fsp3) is 0.321. The Kier molecular flexibility index (Phi) is 7.40. The molecule has 0 aromatic heterocycles. The average Bonchev–Trinajstić information content (AvgIpc) is 2.86. The highest BCUT2D eigenvalue weighted by atomic mass is 19.1. The second kappa shape index (κ2) is 10.6. The Labute approximate surface area is 195 Å². The van der Waals surface area contributed by atoms with Gasteiger partial charge in [-0.1, -0.05) is 66.2 Å². The van der Waals surface area contributed by atoms with Crippen molar-refractivity contribution in [3.8, 4) is 0 Å². The first-order valence-corrected chi connectivity index (χ1v) is 11.6. The summed E-state index contributed by atoms with van der Waals surface area (Å²) in [5.41, 5.74) is 5.44. The SMILES string of the molecule is Cc1ccc(C(c2ccc(F)cc2)C2CCN(C(=O)NCc3ccc(CO)cc3)CC2)cc1. The molecule has 1 heterocycles. The van der Waals surface area contributed by atoms with E-state index in [4.69, 9.17) is 5.11 Å². The zero-order valence-electron chi connectivity index (χ0n) is 19.0. The van der Waals surface area contributed by atoms with Gasteiger partial charge in [0.25, 0.3) is 0 Å². The number of hydrogen-bond acceptors (Lipinski definition) is 2. The number of likely N-dealkylation sites (tertiary alicyclic amines) is 1. The number of benzene rings is 3. The lowest BCUT2D eigenvalue weighted by Gasteiger charge is -2.36. The standard InChI is InChI=1S/C28H31FN2O2/c1-20-2-8-23(9-3-20)27(24-10-12-26(29)13-11-24)25-14-16-31(17-15-25)28(33)30-18-21-4-6-22(19-32)7-5-21/h2-13,25,27,32H,14-19H2,1H3,(H,30,33). The maximum atomic E-state index is 13.6. The third-order valence-corrected chi connectivity index (χ3v) is 6.61. The minimum absolute atomic E-state index is 0.0170. The summed E-state index contributed by atoms with van der Waals surface area (Å²) in [7, 11) is 0. The zero-order valence-corrected chi connectivity index (χ0v) is 19.0. The monoisotopic (exact) mass is 446 g/mol. The molecular weight excluding hydrogens is 415 g/mol. The van der Waals surface area contributed by atoms with E-state index in [-0.39, 0.29) is 24.4 Å². The summed E-state index contributed by atoms with van der Waals surface area (Å²) in [5.74, 6) is 0.341. The van der Waals surface area contributed by atoms with E-state index in [1.807, 2.05) is 41.3 Å². The number of aryl methyl sites for hydroxylation is 1. The van der Waals surface area contributed by atoms with Crippen molar-refractivity contribution in [3.05, 3.63) is 106 Å². The minimum atomic E-state index is -0.223. The molecule has 3 aromatic rings. The average molecular weight is 447 g/mol. The van der Waals surface area contributed by atoms with Gasteiger partial charge in [-0.25, -0.2) is 9.18 Å². The molecule has 172 valence electrons. The quantitative estimate of drug-likeness (QED) is 0.534. The molecule has 1 fully saturated rings. The largest absolute Gasteiger partial charge is 0.392 e. The number of urea groups is 1. The van der Waals surface area contributed by atoms with Crippen LogP contribution >= 0.6 is 0 Å². The second-order valence-electron chi connectivity index (χ2n) is 8.90. The molecule has 2 amide bonds. The minimum Gasteiger partial charge on any atom is -0.392 e. The number of amides is 2. The topological polar surface area (TPSA) is 52.6 Å². The first-order chi connectivity index (χ1) is 16.0. The lowest BCUT2D eigenvalue weighted by molar-refractivity contribution is 0.166. The van der Waals surface area contributed by atoms with Crippen molar-refractivity contribution in [1.82, 2.24) is 10.2 Å². The van der Waals surface area contributed by atoms with Crippen LogP contribution in [-0.2, 0) is 13.2 Å². The van der Waals surface area contributed by atoms with Crippen LogP contribution in [0.2, 0.25) is 0 Å². The maximum Gasteiger partial charge on any atom is 0.317 e. The number of nitrogens with one attached hydrogen (secondary N) is 1. The van der Waals surface area contributed by atoms with Crippen LogP contribution in [0.1, 0.15) is 46.6 Å². The zero-order chi connectivity index (χ0) is 23.2. The van der Waals surface area contributed by atoms with E-state index < -0.39 is 0 Å². The van der Waals surface area contributed by atoms with E-state index in [9.17, 15) is 9.18 Å².